The molecule has 0 aromatic heterocycles. The summed E-state index contributed by atoms with van der Waals surface area (Å²) < 4.78 is -0.0208. The molecule has 4 rings (SSSR count). The molecule has 8 nitrogen and oxygen atoms in total. The van der Waals surface area contributed by atoms with Gasteiger partial charge in [-0.1, -0.05) is 90.4 Å². The summed E-state index contributed by atoms with van der Waals surface area (Å²) in [5, 5.41) is 10.7. The Labute approximate surface area is 265 Å². The van der Waals surface area contributed by atoms with Gasteiger partial charge in [-0.15, -0.1) is 0 Å². The maximum absolute atomic E-state index is 14.6. The third kappa shape index (κ3) is 7.09. The van der Waals surface area contributed by atoms with Crippen LogP contribution in [0.15, 0.2) is 65.7 Å². The lowest BCUT2D eigenvalue weighted by atomic mass is 9.97. The molecule has 1 aliphatic rings. The summed E-state index contributed by atoms with van der Waals surface area (Å²) in [7, 11) is 4.61. The topological polar surface area (TPSA) is 116 Å². The van der Waals surface area contributed by atoms with E-state index in [0.29, 0.717) is 38.9 Å². The number of hydrogen-bond donors (Lipinski definition) is 2. The van der Waals surface area contributed by atoms with E-state index in [4.69, 9.17) is 22.3 Å². The molecule has 43 heavy (non-hydrogen) atoms. The Kier molecular flexibility index (Phi) is 9.96. The van der Waals surface area contributed by atoms with Gasteiger partial charge in [-0.25, -0.2) is 9.79 Å². The van der Waals surface area contributed by atoms with Crippen LogP contribution in [0.2, 0.25) is 5.02 Å². The van der Waals surface area contributed by atoms with E-state index in [0.717, 1.165) is 5.56 Å². The zero-order valence-corrected chi connectivity index (χ0v) is 27.3. The second-order valence-corrected chi connectivity index (χ2v) is 14.9. The molecule has 2 unspecified atom stereocenters. The molecule has 2 amide bonds. The lowest BCUT2D eigenvalue weighted by Gasteiger charge is -2.31. The van der Waals surface area contributed by atoms with Crippen LogP contribution in [-0.4, -0.2) is 63.3 Å². The van der Waals surface area contributed by atoms with Crippen molar-refractivity contribution in [2.45, 2.75) is 51.6 Å². The molecule has 0 saturated carbocycles. The van der Waals surface area contributed by atoms with Crippen LogP contribution in [0.1, 0.15) is 53.4 Å². The van der Waals surface area contributed by atoms with Crippen molar-refractivity contribution >= 4 is 68.1 Å². The number of aliphatic imine (C=N–C) groups is 1. The summed E-state index contributed by atoms with van der Waals surface area (Å²) in [4.78, 5) is 48.3. The minimum absolute atomic E-state index is 0.0163. The minimum Gasteiger partial charge on any atom is -0.478 e. The van der Waals surface area contributed by atoms with Crippen molar-refractivity contribution in [3.63, 3.8) is 0 Å². The van der Waals surface area contributed by atoms with Crippen LogP contribution in [0.25, 0.3) is 0 Å². The monoisotopic (exact) mass is 638 g/mol. The number of carboxylic acids is 1. The number of likely N-dealkylation sites (N-methyl/N-ethyl adjacent to an activating group) is 1. The van der Waals surface area contributed by atoms with Crippen molar-refractivity contribution in [3.8, 4) is 0 Å². The summed E-state index contributed by atoms with van der Waals surface area (Å²) >= 11 is 6.47. The van der Waals surface area contributed by atoms with E-state index in [-0.39, 0.29) is 16.0 Å². The lowest BCUT2D eigenvalue weighted by molar-refractivity contribution is -0.138. The molecule has 3 N–H and O–H groups in total. The SMILES string of the molecule is Cc1ccc(N2C(=O)C(N(C)C(=O)C(N)CSSC(C)(C)C)N=C(c3ccccc3)c3cc(Cl)ccc32)c(C(=O)O)c1C. The van der Waals surface area contributed by atoms with Crippen LogP contribution in [0.4, 0.5) is 11.4 Å². The number of nitrogens with zero attached hydrogens (tertiary/aromatic N) is 3. The second kappa shape index (κ2) is 13.1. The Morgan fingerprint density at radius 2 is 1.74 bits per heavy atom. The summed E-state index contributed by atoms with van der Waals surface area (Å²) in [6.07, 6.45) is -1.34. The molecule has 0 saturated heterocycles. The number of anilines is 2. The second-order valence-electron chi connectivity index (χ2n) is 11.3. The van der Waals surface area contributed by atoms with Gasteiger partial charge >= 0.3 is 5.97 Å². The van der Waals surface area contributed by atoms with E-state index in [9.17, 15) is 19.5 Å². The Morgan fingerprint density at radius 1 is 1.09 bits per heavy atom. The summed E-state index contributed by atoms with van der Waals surface area (Å²) in [6, 6.07) is 16.8. The smallest absolute Gasteiger partial charge is 0.338 e. The first kappa shape index (κ1) is 32.6. The minimum atomic E-state index is -1.34. The fraction of sp³-hybridized carbons (Fsp3) is 0.312. The van der Waals surface area contributed by atoms with Crippen LogP contribution in [0.3, 0.4) is 0 Å². The first-order valence-electron chi connectivity index (χ1n) is 13.6. The quantitative estimate of drug-likeness (QED) is 0.272. The first-order valence-corrected chi connectivity index (χ1v) is 16.3. The Bertz CT molecular complexity index is 1590. The van der Waals surface area contributed by atoms with E-state index in [1.165, 1.54) is 27.6 Å². The van der Waals surface area contributed by atoms with Crippen molar-refractivity contribution in [2.24, 2.45) is 10.7 Å². The van der Waals surface area contributed by atoms with Crippen LogP contribution >= 0.6 is 33.2 Å². The molecule has 3 aromatic rings. The van der Waals surface area contributed by atoms with Gasteiger partial charge in [-0.2, -0.15) is 0 Å². The fourth-order valence-electron chi connectivity index (χ4n) is 4.70. The highest BCUT2D eigenvalue weighted by Crippen LogP contribution is 2.39. The number of hydrogen-bond acceptors (Lipinski definition) is 7. The molecule has 0 radical (unpaired) electrons. The van der Waals surface area contributed by atoms with Crippen LogP contribution in [0.5, 0.6) is 0 Å². The Hall–Kier alpha value is -3.31. The highest BCUT2D eigenvalue weighted by molar-refractivity contribution is 8.77. The Balaban J connectivity index is 1.91. The van der Waals surface area contributed by atoms with Gasteiger partial charge in [0, 0.05) is 33.7 Å². The molecule has 226 valence electrons. The standard InChI is InChI=1S/C32H35ClN4O4S2/c1-18-12-14-25(26(19(18)2)31(40)41)37-24-15-13-21(33)16-22(24)27(20-10-8-7-9-11-20)35-28(30(37)39)36(6)29(38)23(34)17-42-43-32(3,4)5/h7-16,23,28H,17,34H2,1-6H3,(H,40,41). The van der Waals surface area contributed by atoms with Gasteiger partial charge < -0.3 is 15.7 Å². The number of amides is 2. The van der Waals surface area contributed by atoms with Gasteiger partial charge in [0.05, 0.1) is 28.7 Å². The van der Waals surface area contributed by atoms with Crippen LogP contribution in [-0.2, 0) is 9.59 Å². The number of carbonyl (C=O) groups excluding carboxylic acids is 2. The van der Waals surface area contributed by atoms with Crippen LogP contribution in [0, 0.1) is 13.8 Å². The number of carboxylic acid groups (broad SMARTS) is 1. The number of benzene rings is 3. The number of benzodiazepines with no additional fused rings is 1. The lowest BCUT2D eigenvalue weighted by Crippen LogP contribution is -2.52. The summed E-state index contributed by atoms with van der Waals surface area (Å²) in [6.45, 7) is 9.74. The largest absolute Gasteiger partial charge is 0.478 e. The number of fused-ring (bicyclic) bond motifs is 1. The average Bonchev–Trinajstić information content (AvgIpc) is 3.07. The molecule has 0 fully saturated rings. The molecule has 3 aromatic carbocycles. The van der Waals surface area contributed by atoms with Gasteiger partial charge in [0.1, 0.15) is 0 Å². The van der Waals surface area contributed by atoms with Crippen molar-refractivity contribution in [1.29, 1.82) is 0 Å². The predicted molar refractivity (Wildman–Crippen MR) is 178 cm³/mol. The maximum Gasteiger partial charge on any atom is 0.338 e. The van der Waals surface area contributed by atoms with E-state index < -0.39 is 30.0 Å². The van der Waals surface area contributed by atoms with E-state index in [1.54, 1.807) is 48.0 Å². The van der Waals surface area contributed by atoms with Crippen molar-refractivity contribution in [2.75, 3.05) is 17.7 Å². The van der Waals surface area contributed by atoms with Gasteiger partial charge in [0.2, 0.25) is 12.1 Å². The highest BCUT2D eigenvalue weighted by atomic mass is 35.5. The molecular weight excluding hydrogens is 604 g/mol. The molecule has 0 aliphatic carbocycles. The van der Waals surface area contributed by atoms with Gasteiger partial charge in [0.15, 0.2) is 0 Å². The van der Waals surface area contributed by atoms with Crippen molar-refractivity contribution in [1.82, 2.24) is 4.90 Å². The zero-order chi connectivity index (χ0) is 31.6. The number of aryl methyl sites for hydroxylation is 1. The predicted octanol–water partition coefficient (Wildman–Crippen LogP) is 6.46. The number of rotatable bonds is 8. The molecule has 2 atom stereocenters. The number of halogens is 1. The number of carbonyl (C=O) groups is 3. The first-order chi connectivity index (χ1) is 20.2. The van der Waals surface area contributed by atoms with Crippen molar-refractivity contribution < 1.29 is 19.5 Å². The fourth-order valence-corrected chi connectivity index (χ4v) is 7.28. The third-order valence-corrected chi connectivity index (χ3v) is 10.6. The normalized spacial score (nSPS) is 15.8. The van der Waals surface area contributed by atoms with E-state index in [2.05, 4.69) is 20.8 Å². The highest BCUT2D eigenvalue weighted by Gasteiger charge is 2.39. The number of aromatic carboxylic acids is 1. The molecule has 1 aliphatic heterocycles. The van der Waals surface area contributed by atoms with E-state index >= 15 is 0 Å². The maximum atomic E-state index is 14.6. The molecule has 11 heteroatoms. The molecule has 0 spiro atoms. The van der Waals surface area contributed by atoms with Gasteiger partial charge in [-0.05, 0) is 49.2 Å². The summed E-state index contributed by atoms with van der Waals surface area (Å²) in [5.74, 6) is -1.90. The van der Waals surface area contributed by atoms with Crippen molar-refractivity contribution in [3.05, 3.63) is 93.5 Å². The average molecular weight is 639 g/mol. The molecular formula is C32H35ClN4O4S2. The molecule has 0 bridgehead atoms. The van der Waals surface area contributed by atoms with Gasteiger partial charge in [0.25, 0.3) is 5.91 Å². The Morgan fingerprint density at radius 3 is 2.37 bits per heavy atom. The molecule has 1 heterocycles. The zero-order valence-electron chi connectivity index (χ0n) is 24.9. The number of nitrogens with two attached hydrogens (primary N) is 1. The summed E-state index contributed by atoms with van der Waals surface area (Å²) in [5.41, 5.74) is 9.84. The van der Waals surface area contributed by atoms with Crippen LogP contribution < -0.4 is 10.6 Å². The van der Waals surface area contributed by atoms with Gasteiger partial charge in [-0.3, -0.25) is 14.5 Å². The third-order valence-electron chi connectivity index (χ3n) is 6.95. The van der Waals surface area contributed by atoms with E-state index in [1.807, 2.05) is 37.3 Å².